The van der Waals surface area contributed by atoms with Crippen LogP contribution in [-0.2, 0) is 30.7 Å². The van der Waals surface area contributed by atoms with Crippen LogP contribution in [0.25, 0.3) is 10.9 Å². The lowest BCUT2D eigenvalue weighted by molar-refractivity contribution is -0.383. The minimum Gasteiger partial charge on any atom is -0.393 e. The third-order valence-electron chi connectivity index (χ3n) is 4.95. The Hall–Kier alpha value is -3.60. The zero-order chi connectivity index (χ0) is 26.7. The van der Waals surface area contributed by atoms with Crippen LogP contribution in [0, 0.1) is 10.1 Å². The predicted molar refractivity (Wildman–Crippen MR) is 133 cm³/mol. The largest absolute Gasteiger partial charge is 0.393 e. The third kappa shape index (κ3) is 6.75. The molecule has 0 atom stereocenters. The standard InChI is InChI=1S/C20H24N6O8S2/c1-35(30,31)25-18-10-15(4-3-14(18)12-23-25)24-20(27)16-11-19(26(28)29)17(21)9-13(16)5-6-22-7-8-34-36(2,32)33/h3-4,9-12,22H,5-8,21H2,1-2H3,(H,24,27). The van der Waals surface area contributed by atoms with Crippen LogP contribution in [-0.4, -0.2) is 69.1 Å². The fourth-order valence-electron chi connectivity index (χ4n) is 3.38. The molecule has 4 N–H and O–H groups in total. The van der Waals surface area contributed by atoms with Gasteiger partial charge in [0.1, 0.15) is 5.69 Å². The van der Waals surface area contributed by atoms with E-state index in [1.54, 1.807) is 12.1 Å². The molecule has 0 unspecified atom stereocenters. The van der Waals surface area contributed by atoms with Gasteiger partial charge in [-0.15, -0.1) is 0 Å². The first kappa shape index (κ1) is 27.0. The maximum Gasteiger partial charge on any atom is 0.292 e. The molecule has 0 aliphatic rings. The van der Waals surface area contributed by atoms with E-state index in [9.17, 15) is 31.7 Å². The molecule has 194 valence electrons. The molecule has 0 saturated carbocycles. The molecule has 1 amide bonds. The number of nitrogens with one attached hydrogen (secondary N) is 2. The zero-order valence-corrected chi connectivity index (χ0v) is 20.9. The van der Waals surface area contributed by atoms with Crippen LogP contribution in [0.15, 0.2) is 36.5 Å². The number of carbonyl (C=O) groups is 1. The predicted octanol–water partition coefficient (Wildman–Crippen LogP) is 0.695. The lowest BCUT2D eigenvalue weighted by atomic mass is 10.0. The summed E-state index contributed by atoms with van der Waals surface area (Å²) in [5.74, 6) is -0.668. The molecule has 2 aromatic carbocycles. The van der Waals surface area contributed by atoms with Crippen LogP contribution in [0.4, 0.5) is 17.1 Å². The molecule has 0 spiro atoms. The van der Waals surface area contributed by atoms with Crippen LogP contribution in [0.5, 0.6) is 0 Å². The minimum absolute atomic E-state index is 0.00167. The van der Waals surface area contributed by atoms with Crippen molar-refractivity contribution in [2.45, 2.75) is 6.42 Å². The number of nitrogens with zero attached hydrogens (tertiary/aromatic N) is 3. The Morgan fingerprint density at radius 1 is 1.17 bits per heavy atom. The molecule has 0 radical (unpaired) electrons. The van der Waals surface area contributed by atoms with Crippen LogP contribution in [0.3, 0.4) is 0 Å². The third-order valence-corrected chi connectivity index (χ3v) is 6.47. The van der Waals surface area contributed by atoms with Crippen LogP contribution >= 0.6 is 0 Å². The highest BCUT2D eigenvalue weighted by Gasteiger charge is 2.21. The van der Waals surface area contributed by atoms with E-state index in [4.69, 9.17) is 5.73 Å². The van der Waals surface area contributed by atoms with Crippen molar-refractivity contribution < 1.29 is 30.7 Å². The van der Waals surface area contributed by atoms with Crippen LogP contribution < -0.4 is 16.4 Å². The van der Waals surface area contributed by atoms with Crippen molar-refractivity contribution in [3.63, 3.8) is 0 Å². The monoisotopic (exact) mass is 540 g/mol. The summed E-state index contributed by atoms with van der Waals surface area (Å²) in [6.45, 7) is 0.427. The summed E-state index contributed by atoms with van der Waals surface area (Å²) < 4.78 is 51.4. The van der Waals surface area contributed by atoms with Crippen molar-refractivity contribution in [1.29, 1.82) is 0 Å². The molecule has 3 aromatic rings. The fraction of sp³-hybridized carbons (Fsp3) is 0.300. The van der Waals surface area contributed by atoms with E-state index in [1.165, 1.54) is 18.3 Å². The lowest BCUT2D eigenvalue weighted by Crippen LogP contribution is -2.24. The molecule has 1 aromatic heterocycles. The molecule has 16 heteroatoms. The quantitative estimate of drug-likeness (QED) is 0.101. The summed E-state index contributed by atoms with van der Waals surface area (Å²) in [5.41, 5.74) is 6.16. The number of nitro benzene ring substituents is 1. The molecule has 0 fully saturated rings. The van der Waals surface area contributed by atoms with E-state index in [-0.39, 0.29) is 42.0 Å². The van der Waals surface area contributed by atoms with Gasteiger partial charge in [-0.3, -0.25) is 19.1 Å². The molecule has 14 nitrogen and oxygen atoms in total. The first-order chi connectivity index (χ1) is 16.8. The van der Waals surface area contributed by atoms with Gasteiger partial charge in [-0.05, 0) is 42.8 Å². The number of benzene rings is 2. The van der Waals surface area contributed by atoms with Gasteiger partial charge >= 0.3 is 0 Å². The number of rotatable bonds is 11. The number of hydrogen-bond acceptors (Lipinski definition) is 11. The molecule has 0 aliphatic heterocycles. The van der Waals surface area contributed by atoms with Crippen LogP contribution in [0.2, 0.25) is 0 Å². The number of fused-ring (bicyclic) bond motifs is 1. The normalized spacial score (nSPS) is 12.1. The van der Waals surface area contributed by atoms with Crippen molar-refractivity contribution in [2.24, 2.45) is 0 Å². The van der Waals surface area contributed by atoms with Gasteiger partial charge in [-0.25, -0.2) is 8.42 Å². The highest BCUT2D eigenvalue weighted by atomic mass is 32.2. The zero-order valence-electron chi connectivity index (χ0n) is 19.3. The highest BCUT2D eigenvalue weighted by Crippen LogP contribution is 2.27. The van der Waals surface area contributed by atoms with E-state index in [1.807, 2.05) is 0 Å². The highest BCUT2D eigenvalue weighted by molar-refractivity contribution is 7.89. The van der Waals surface area contributed by atoms with Crippen molar-refractivity contribution in [3.05, 3.63) is 57.8 Å². The Bertz CT molecular complexity index is 1530. The molecule has 0 saturated heterocycles. The van der Waals surface area contributed by atoms with Gasteiger partial charge in [0.25, 0.3) is 31.7 Å². The number of nitro groups is 1. The maximum absolute atomic E-state index is 13.1. The number of amides is 1. The van der Waals surface area contributed by atoms with Crippen LogP contribution in [0.1, 0.15) is 15.9 Å². The molecule has 36 heavy (non-hydrogen) atoms. The number of nitrogens with two attached hydrogens (primary N) is 1. The second kappa shape index (κ2) is 10.6. The lowest BCUT2D eigenvalue weighted by Gasteiger charge is -2.13. The van der Waals surface area contributed by atoms with Gasteiger partial charge in [-0.2, -0.15) is 17.6 Å². The van der Waals surface area contributed by atoms with E-state index >= 15 is 0 Å². The molecule has 0 bridgehead atoms. The van der Waals surface area contributed by atoms with Gasteiger partial charge in [-0.1, -0.05) is 0 Å². The second-order valence-electron chi connectivity index (χ2n) is 7.83. The van der Waals surface area contributed by atoms with Crippen molar-refractivity contribution in [3.8, 4) is 0 Å². The summed E-state index contributed by atoms with van der Waals surface area (Å²) >= 11 is 0. The molecule has 0 aliphatic carbocycles. The van der Waals surface area contributed by atoms with Gasteiger partial charge < -0.3 is 16.4 Å². The first-order valence-corrected chi connectivity index (χ1v) is 14.0. The van der Waals surface area contributed by atoms with Gasteiger partial charge in [0, 0.05) is 29.2 Å². The molecule has 3 rings (SSSR count). The number of hydrogen-bond donors (Lipinski definition) is 3. The second-order valence-corrected chi connectivity index (χ2v) is 11.3. The SMILES string of the molecule is CS(=O)(=O)OCCNCCc1cc(N)c([N+](=O)[O-])cc1C(=O)Nc1ccc2cnn(S(C)(=O)=O)c2c1. The molecular formula is C20H24N6O8S2. The first-order valence-electron chi connectivity index (χ1n) is 10.4. The Morgan fingerprint density at radius 2 is 1.89 bits per heavy atom. The summed E-state index contributed by atoms with van der Waals surface area (Å²) in [5, 5.41) is 21.3. The maximum atomic E-state index is 13.1. The number of carbonyl (C=O) groups excluding carboxylic acids is 1. The smallest absolute Gasteiger partial charge is 0.292 e. The van der Waals surface area contributed by atoms with E-state index in [0.29, 0.717) is 17.5 Å². The van der Waals surface area contributed by atoms with Crippen molar-refractivity contribution in [2.75, 3.05) is 43.3 Å². The van der Waals surface area contributed by atoms with Gasteiger partial charge in [0.15, 0.2) is 0 Å². The fourth-order valence-corrected chi connectivity index (χ4v) is 4.50. The molecule has 1 heterocycles. The minimum atomic E-state index is -3.68. The van der Waals surface area contributed by atoms with Gasteiger partial charge in [0.2, 0.25) is 0 Å². The Kier molecular flexibility index (Phi) is 7.92. The van der Waals surface area contributed by atoms with E-state index < -0.39 is 36.7 Å². The van der Waals surface area contributed by atoms with E-state index in [0.717, 1.165) is 22.7 Å². The summed E-state index contributed by atoms with van der Waals surface area (Å²) in [7, 11) is -7.24. The Labute approximate surface area is 206 Å². The summed E-state index contributed by atoms with van der Waals surface area (Å²) in [6.07, 6.45) is 3.54. The number of anilines is 2. The average Bonchev–Trinajstić information content (AvgIpc) is 3.19. The summed E-state index contributed by atoms with van der Waals surface area (Å²) in [6, 6.07) is 6.96. The van der Waals surface area contributed by atoms with E-state index in [2.05, 4.69) is 19.9 Å². The topological polar surface area (TPSA) is 206 Å². The number of nitrogen functional groups attached to an aromatic ring is 1. The number of aromatic nitrogens is 2. The Morgan fingerprint density at radius 3 is 2.53 bits per heavy atom. The van der Waals surface area contributed by atoms with Crippen molar-refractivity contribution in [1.82, 2.24) is 14.5 Å². The van der Waals surface area contributed by atoms with Crippen molar-refractivity contribution >= 4 is 54.0 Å². The van der Waals surface area contributed by atoms with Gasteiger partial charge in [0.05, 0.1) is 35.8 Å². The average molecular weight is 541 g/mol. The Balaban J connectivity index is 1.83. The summed E-state index contributed by atoms with van der Waals surface area (Å²) in [4.78, 5) is 23.8. The molecular weight excluding hydrogens is 516 g/mol.